The van der Waals surface area contributed by atoms with E-state index in [0.717, 1.165) is 23.3 Å². The molecule has 1 amide bonds. The van der Waals surface area contributed by atoms with Gasteiger partial charge in [0.15, 0.2) is 0 Å². The number of hydrogen-bond donors (Lipinski definition) is 1. The summed E-state index contributed by atoms with van der Waals surface area (Å²) >= 11 is 0. The van der Waals surface area contributed by atoms with E-state index in [4.69, 9.17) is 9.47 Å². The van der Waals surface area contributed by atoms with Gasteiger partial charge >= 0.3 is 0 Å². The third-order valence-corrected chi connectivity index (χ3v) is 4.64. The third kappa shape index (κ3) is 6.47. The number of rotatable bonds is 10. The molecule has 0 aliphatic carbocycles. The van der Waals surface area contributed by atoms with Crippen molar-refractivity contribution in [1.82, 2.24) is 5.32 Å². The minimum Gasteiger partial charge on any atom is -0.489 e. The molecule has 0 fully saturated rings. The number of benzene rings is 3. The fraction of sp³-hybridized carbons (Fsp3) is 0.240. The van der Waals surface area contributed by atoms with Crippen LogP contribution in [0.3, 0.4) is 0 Å². The molecule has 0 heterocycles. The molecule has 3 rings (SSSR count). The quantitative estimate of drug-likeness (QED) is 0.487. The molecule has 0 saturated heterocycles. The summed E-state index contributed by atoms with van der Waals surface area (Å²) in [4.78, 5) is 12.6. The van der Waals surface area contributed by atoms with Crippen molar-refractivity contribution in [1.29, 1.82) is 0 Å². The summed E-state index contributed by atoms with van der Waals surface area (Å²) in [6.07, 6.45) is 0.800. The minimum absolute atomic E-state index is 0.0442. The molecule has 4 nitrogen and oxygen atoms in total. The first-order valence-electron chi connectivity index (χ1n) is 9.94. The summed E-state index contributed by atoms with van der Waals surface area (Å²) in [6.45, 7) is 3.55. The highest BCUT2D eigenvalue weighted by molar-refractivity contribution is 5.95. The minimum atomic E-state index is -0.0895. The lowest BCUT2D eigenvalue weighted by molar-refractivity contribution is 0.0635. The maximum Gasteiger partial charge on any atom is 0.251 e. The zero-order valence-electron chi connectivity index (χ0n) is 16.7. The monoisotopic (exact) mass is 389 g/mol. The van der Waals surface area contributed by atoms with Crippen LogP contribution in [0.2, 0.25) is 0 Å². The van der Waals surface area contributed by atoms with Crippen molar-refractivity contribution in [3.63, 3.8) is 0 Å². The molecule has 0 aliphatic rings. The van der Waals surface area contributed by atoms with Crippen LogP contribution >= 0.6 is 0 Å². The van der Waals surface area contributed by atoms with Crippen molar-refractivity contribution < 1.29 is 14.3 Å². The van der Waals surface area contributed by atoms with Crippen molar-refractivity contribution in [2.24, 2.45) is 0 Å². The maximum atomic E-state index is 12.6. The summed E-state index contributed by atoms with van der Waals surface area (Å²) < 4.78 is 11.6. The molecule has 0 radical (unpaired) electrons. The highest BCUT2D eigenvalue weighted by Gasteiger charge is 2.11. The molecule has 29 heavy (non-hydrogen) atoms. The van der Waals surface area contributed by atoms with Crippen LogP contribution in [0.15, 0.2) is 84.9 Å². The van der Waals surface area contributed by atoms with E-state index in [1.54, 1.807) is 0 Å². The number of nitrogens with one attached hydrogen (secondary N) is 1. The number of amides is 1. The van der Waals surface area contributed by atoms with Crippen LogP contribution in [0, 0.1) is 0 Å². The SMILES string of the molecule is CC(OCCCNC(=O)c1ccccc1COc1ccccc1)c1ccccc1. The number of para-hydroxylation sites is 1. The van der Waals surface area contributed by atoms with Crippen molar-refractivity contribution in [2.45, 2.75) is 26.1 Å². The molecule has 0 aromatic heterocycles. The second-order valence-corrected chi connectivity index (χ2v) is 6.79. The Balaban J connectivity index is 1.43. The first kappa shape index (κ1) is 20.6. The fourth-order valence-electron chi connectivity index (χ4n) is 3.00. The van der Waals surface area contributed by atoms with Crippen LogP contribution in [0.5, 0.6) is 5.75 Å². The molecule has 0 bridgehead atoms. The van der Waals surface area contributed by atoms with Gasteiger partial charge in [-0.05, 0) is 37.1 Å². The van der Waals surface area contributed by atoms with E-state index < -0.39 is 0 Å². The van der Waals surface area contributed by atoms with Crippen LogP contribution in [0.1, 0.15) is 40.9 Å². The van der Waals surface area contributed by atoms with Gasteiger partial charge in [0.25, 0.3) is 5.91 Å². The van der Waals surface area contributed by atoms with Crippen molar-refractivity contribution in [2.75, 3.05) is 13.2 Å². The first-order valence-corrected chi connectivity index (χ1v) is 9.94. The Kier molecular flexibility index (Phi) is 7.84. The molecule has 3 aromatic rings. The number of hydrogen-bond acceptors (Lipinski definition) is 3. The second kappa shape index (κ2) is 11.0. The van der Waals surface area contributed by atoms with E-state index in [9.17, 15) is 4.79 Å². The lowest BCUT2D eigenvalue weighted by Gasteiger charge is -2.14. The highest BCUT2D eigenvalue weighted by Crippen LogP contribution is 2.16. The van der Waals surface area contributed by atoms with Crippen molar-refractivity contribution in [3.05, 3.63) is 102 Å². The standard InChI is InChI=1S/C25H27NO3/c1-20(21-11-4-2-5-12-21)28-18-10-17-26-25(27)24-16-9-8-13-22(24)19-29-23-14-6-3-7-15-23/h2-9,11-16,20H,10,17-19H2,1H3,(H,26,27). The summed E-state index contributed by atoms with van der Waals surface area (Å²) in [7, 11) is 0. The van der Waals surface area contributed by atoms with Crippen LogP contribution in [-0.4, -0.2) is 19.1 Å². The summed E-state index contributed by atoms with van der Waals surface area (Å²) in [5, 5.41) is 2.98. The predicted octanol–water partition coefficient (Wildman–Crippen LogP) is 5.16. The smallest absolute Gasteiger partial charge is 0.251 e. The second-order valence-electron chi connectivity index (χ2n) is 6.79. The Bertz CT molecular complexity index is 881. The zero-order valence-corrected chi connectivity index (χ0v) is 16.7. The molecule has 150 valence electrons. The van der Waals surface area contributed by atoms with Crippen molar-refractivity contribution in [3.8, 4) is 5.75 Å². The van der Waals surface area contributed by atoms with Gasteiger partial charge in [-0.3, -0.25) is 4.79 Å². The summed E-state index contributed by atoms with van der Waals surface area (Å²) in [5.41, 5.74) is 2.66. The van der Waals surface area contributed by atoms with E-state index >= 15 is 0 Å². The maximum absolute atomic E-state index is 12.6. The molecule has 0 saturated carbocycles. The van der Waals surface area contributed by atoms with Crippen molar-refractivity contribution >= 4 is 5.91 Å². The number of ether oxygens (including phenoxy) is 2. The highest BCUT2D eigenvalue weighted by atomic mass is 16.5. The van der Waals surface area contributed by atoms with Gasteiger partial charge < -0.3 is 14.8 Å². The van der Waals surface area contributed by atoms with E-state index in [2.05, 4.69) is 17.4 Å². The average molecular weight is 389 g/mol. The van der Waals surface area contributed by atoms with Gasteiger partial charge in [0.05, 0.1) is 6.10 Å². The normalized spacial score (nSPS) is 11.6. The first-order chi connectivity index (χ1) is 14.2. The van der Waals surface area contributed by atoms with E-state index in [0.29, 0.717) is 25.3 Å². The summed E-state index contributed by atoms with van der Waals surface area (Å²) in [6, 6.07) is 27.2. The lowest BCUT2D eigenvalue weighted by atomic mass is 10.1. The Hall–Kier alpha value is -3.11. The lowest BCUT2D eigenvalue weighted by Crippen LogP contribution is -2.26. The molecule has 0 spiro atoms. The fourth-order valence-corrected chi connectivity index (χ4v) is 3.00. The number of carbonyl (C=O) groups excluding carboxylic acids is 1. The molecule has 0 aliphatic heterocycles. The van der Waals surface area contributed by atoms with E-state index in [-0.39, 0.29) is 12.0 Å². The molecular weight excluding hydrogens is 362 g/mol. The zero-order chi connectivity index (χ0) is 20.3. The van der Waals surface area contributed by atoms with E-state index in [1.165, 1.54) is 0 Å². The van der Waals surface area contributed by atoms with Gasteiger partial charge in [-0.1, -0.05) is 66.7 Å². The molecule has 1 unspecified atom stereocenters. The van der Waals surface area contributed by atoms with Crippen LogP contribution in [0.25, 0.3) is 0 Å². The van der Waals surface area contributed by atoms with Crippen LogP contribution in [-0.2, 0) is 11.3 Å². The van der Waals surface area contributed by atoms with Gasteiger partial charge in [0.2, 0.25) is 0 Å². The van der Waals surface area contributed by atoms with Gasteiger partial charge in [-0.2, -0.15) is 0 Å². The summed E-state index contributed by atoms with van der Waals surface area (Å²) in [5.74, 6) is 0.695. The molecule has 4 heteroatoms. The molecule has 1 N–H and O–H groups in total. The van der Waals surface area contributed by atoms with Gasteiger partial charge in [-0.25, -0.2) is 0 Å². The van der Waals surface area contributed by atoms with Crippen LogP contribution in [0.4, 0.5) is 0 Å². The van der Waals surface area contributed by atoms with E-state index in [1.807, 2.05) is 79.7 Å². The Morgan fingerprint density at radius 1 is 0.897 bits per heavy atom. The number of carbonyl (C=O) groups is 1. The third-order valence-electron chi connectivity index (χ3n) is 4.64. The van der Waals surface area contributed by atoms with Gasteiger partial charge in [-0.15, -0.1) is 0 Å². The van der Waals surface area contributed by atoms with Gasteiger partial charge in [0.1, 0.15) is 12.4 Å². The largest absolute Gasteiger partial charge is 0.489 e. The van der Waals surface area contributed by atoms with Crippen LogP contribution < -0.4 is 10.1 Å². The molecule has 1 atom stereocenters. The predicted molar refractivity (Wildman–Crippen MR) is 115 cm³/mol. The molecule has 3 aromatic carbocycles. The Morgan fingerprint density at radius 2 is 1.55 bits per heavy atom. The van der Waals surface area contributed by atoms with Gasteiger partial charge in [0, 0.05) is 24.3 Å². The average Bonchev–Trinajstić information content (AvgIpc) is 2.78. The Morgan fingerprint density at radius 3 is 2.31 bits per heavy atom. The molecular formula is C25H27NO3. The Labute approximate surface area is 172 Å². The topological polar surface area (TPSA) is 47.6 Å².